The Bertz CT molecular complexity index is 605. The topological polar surface area (TPSA) is 111 Å². The van der Waals surface area contributed by atoms with Gasteiger partial charge in [0.2, 0.25) is 0 Å². The fraction of sp³-hybridized carbons (Fsp3) is 0.688. The van der Waals surface area contributed by atoms with Gasteiger partial charge in [-0.25, -0.2) is 13.7 Å². The standard InChI is InChI=1S/C16H27N3O5S/c1-15(2,3)24-14(20)17-10-16(4,5)11-18-25(23)13-9-7-6-8-12(13)19(21)22/h8-9,18H,6-7,10-11H2,1-5H3,(H,17,20). The molecule has 142 valence electrons. The lowest BCUT2D eigenvalue weighted by atomic mass is 9.94. The first-order valence-corrected chi connectivity index (χ1v) is 9.23. The minimum absolute atomic E-state index is 0.109. The van der Waals surface area contributed by atoms with E-state index >= 15 is 0 Å². The molecule has 0 heterocycles. The molecule has 0 bridgehead atoms. The minimum Gasteiger partial charge on any atom is -0.444 e. The molecule has 0 spiro atoms. The number of allylic oxidation sites excluding steroid dienone is 2. The molecule has 0 saturated heterocycles. The number of hydrogen-bond acceptors (Lipinski definition) is 5. The Hall–Kier alpha value is -1.74. The zero-order valence-electron chi connectivity index (χ0n) is 15.4. The van der Waals surface area contributed by atoms with Crippen molar-refractivity contribution in [3.63, 3.8) is 0 Å². The van der Waals surface area contributed by atoms with E-state index in [0.29, 0.717) is 25.9 Å². The van der Waals surface area contributed by atoms with Crippen LogP contribution in [0.3, 0.4) is 0 Å². The zero-order chi connectivity index (χ0) is 19.3. The zero-order valence-corrected chi connectivity index (χ0v) is 16.2. The molecule has 0 aromatic heterocycles. The molecule has 9 heteroatoms. The van der Waals surface area contributed by atoms with Gasteiger partial charge in [-0.05, 0) is 45.1 Å². The summed E-state index contributed by atoms with van der Waals surface area (Å²) in [5.41, 5.74) is -1.10. The van der Waals surface area contributed by atoms with Crippen molar-refractivity contribution < 1.29 is 18.7 Å². The van der Waals surface area contributed by atoms with Crippen molar-refractivity contribution in [3.05, 3.63) is 32.9 Å². The second kappa shape index (κ2) is 8.57. The molecule has 0 fully saturated rings. The summed E-state index contributed by atoms with van der Waals surface area (Å²) in [6.45, 7) is 9.71. The average Bonchev–Trinajstić information content (AvgIpc) is 2.49. The monoisotopic (exact) mass is 373 g/mol. The van der Waals surface area contributed by atoms with Gasteiger partial charge in [-0.15, -0.1) is 0 Å². The molecule has 1 unspecified atom stereocenters. The van der Waals surface area contributed by atoms with Crippen LogP contribution in [0.25, 0.3) is 0 Å². The highest BCUT2D eigenvalue weighted by molar-refractivity contribution is 7.87. The van der Waals surface area contributed by atoms with E-state index in [-0.39, 0.29) is 10.6 Å². The largest absolute Gasteiger partial charge is 0.444 e. The highest BCUT2D eigenvalue weighted by Gasteiger charge is 2.27. The third kappa shape index (κ3) is 7.78. The Balaban J connectivity index is 2.54. The van der Waals surface area contributed by atoms with Crippen LogP contribution in [0.15, 0.2) is 22.8 Å². The summed E-state index contributed by atoms with van der Waals surface area (Å²) in [7, 11) is -1.68. The Labute approximate surface area is 150 Å². The number of hydrogen-bond donors (Lipinski definition) is 2. The van der Waals surface area contributed by atoms with E-state index in [1.165, 1.54) is 6.08 Å². The predicted molar refractivity (Wildman–Crippen MR) is 96.6 cm³/mol. The van der Waals surface area contributed by atoms with Crippen LogP contribution in [-0.2, 0) is 15.7 Å². The van der Waals surface area contributed by atoms with E-state index < -0.39 is 33.0 Å². The number of rotatable bonds is 7. The maximum absolute atomic E-state index is 12.4. The number of ether oxygens (including phenoxy) is 1. The summed E-state index contributed by atoms with van der Waals surface area (Å²) < 4.78 is 20.3. The molecule has 0 aromatic carbocycles. The lowest BCUT2D eigenvalue weighted by molar-refractivity contribution is -0.420. The molecule has 0 aliphatic heterocycles. The van der Waals surface area contributed by atoms with Gasteiger partial charge >= 0.3 is 6.09 Å². The van der Waals surface area contributed by atoms with Gasteiger partial charge in [-0.3, -0.25) is 10.1 Å². The van der Waals surface area contributed by atoms with Crippen LogP contribution >= 0.6 is 0 Å². The summed E-state index contributed by atoms with van der Waals surface area (Å²) in [5, 5.41) is 13.7. The van der Waals surface area contributed by atoms with Crippen molar-refractivity contribution >= 4 is 17.1 Å². The minimum atomic E-state index is -1.68. The summed E-state index contributed by atoms with van der Waals surface area (Å²) >= 11 is 0. The van der Waals surface area contributed by atoms with Crippen LogP contribution in [0.5, 0.6) is 0 Å². The number of amides is 1. The van der Waals surface area contributed by atoms with Gasteiger partial charge in [0.25, 0.3) is 5.70 Å². The van der Waals surface area contributed by atoms with Gasteiger partial charge in [0, 0.05) is 13.1 Å². The van der Waals surface area contributed by atoms with E-state index in [1.807, 2.05) is 13.8 Å². The van der Waals surface area contributed by atoms with E-state index in [4.69, 9.17) is 4.74 Å². The highest BCUT2D eigenvalue weighted by Crippen LogP contribution is 2.22. The van der Waals surface area contributed by atoms with Gasteiger partial charge in [-0.1, -0.05) is 19.9 Å². The van der Waals surface area contributed by atoms with Crippen LogP contribution in [0.4, 0.5) is 4.79 Å². The summed E-state index contributed by atoms with van der Waals surface area (Å²) in [6.07, 6.45) is 3.80. The Morgan fingerprint density at radius 2 is 1.84 bits per heavy atom. The first kappa shape index (κ1) is 21.3. The first-order valence-electron chi connectivity index (χ1n) is 8.08. The number of nitro groups is 1. The fourth-order valence-electron chi connectivity index (χ4n) is 2.00. The van der Waals surface area contributed by atoms with Crippen LogP contribution in [-0.4, -0.2) is 33.9 Å². The van der Waals surface area contributed by atoms with Crippen LogP contribution < -0.4 is 10.0 Å². The molecule has 1 rings (SSSR count). The normalized spacial score (nSPS) is 16.5. The summed E-state index contributed by atoms with van der Waals surface area (Å²) in [5.74, 6) is 0. The fourth-order valence-corrected chi connectivity index (χ4v) is 3.30. The molecule has 0 radical (unpaired) electrons. The maximum Gasteiger partial charge on any atom is 0.407 e. The Morgan fingerprint density at radius 1 is 1.24 bits per heavy atom. The lowest BCUT2D eigenvalue weighted by Gasteiger charge is -2.26. The van der Waals surface area contributed by atoms with Gasteiger partial charge in [0.05, 0.1) is 4.92 Å². The van der Waals surface area contributed by atoms with Crippen molar-refractivity contribution in [2.45, 2.75) is 53.1 Å². The molecule has 1 atom stereocenters. The molecule has 1 aliphatic carbocycles. The summed E-state index contributed by atoms with van der Waals surface area (Å²) in [4.78, 5) is 22.4. The van der Waals surface area contributed by atoms with E-state index in [2.05, 4.69) is 10.0 Å². The van der Waals surface area contributed by atoms with E-state index in [1.54, 1.807) is 26.8 Å². The molecule has 25 heavy (non-hydrogen) atoms. The highest BCUT2D eigenvalue weighted by atomic mass is 32.2. The molecule has 1 amide bonds. The summed E-state index contributed by atoms with van der Waals surface area (Å²) in [6, 6.07) is 0. The maximum atomic E-state index is 12.4. The van der Waals surface area contributed by atoms with E-state index in [9.17, 15) is 19.1 Å². The van der Waals surface area contributed by atoms with Crippen LogP contribution in [0, 0.1) is 15.5 Å². The average molecular weight is 373 g/mol. The Morgan fingerprint density at radius 3 is 2.40 bits per heavy atom. The number of alkyl carbamates (subject to hydrolysis) is 1. The molecule has 0 aromatic rings. The van der Waals surface area contributed by atoms with Crippen molar-refractivity contribution in [1.82, 2.24) is 10.0 Å². The van der Waals surface area contributed by atoms with Gasteiger partial charge in [0.1, 0.15) is 21.5 Å². The van der Waals surface area contributed by atoms with Crippen molar-refractivity contribution in [1.29, 1.82) is 0 Å². The van der Waals surface area contributed by atoms with Crippen LogP contribution in [0.2, 0.25) is 0 Å². The molecular weight excluding hydrogens is 346 g/mol. The van der Waals surface area contributed by atoms with E-state index in [0.717, 1.165) is 0 Å². The van der Waals surface area contributed by atoms with Crippen molar-refractivity contribution in [3.8, 4) is 0 Å². The van der Waals surface area contributed by atoms with Gasteiger partial charge < -0.3 is 10.1 Å². The van der Waals surface area contributed by atoms with Gasteiger partial charge in [-0.2, -0.15) is 0 Å². The number of nitrogens with zero attached hydrogens (tertiary/aromatic N) is 1. The predicted octanol–water partition coefficient (Wildman–Crippen LogP) is 2.63. The third-order valence-electron chi connectivity index (χ3n) is 3.27. The van der Waals surface area contributed by atoms with Crippen LogP contribution in [0.1, 0.15) is 47.5 Å². The number of carbonyl (C=O) groups is 1. The number of carbonyl (C=O) groups excluding carboxylic acids is 1. The SMILES string of the molecule is CC(C)(CNC(=O)OC(C)(C)C)CNS(=O)C1=CCCC=C1[N+](=O)[O-]. The third-order valence-corrected chi connectivity index (χ3v) is 4.46. The number of nitrogens with one attached hydrogen (secondary N) is 2. The van der Waals surface area contributed by atoms with Crippen molar-refractivity contribution in [2.75, 3.05) is 13.1 Å². The molecular formula is C16H27N3O5S. The second-order valence-corrected chi connectivity index (χ2v) is 8.87. The molecule has 1 aliphatic rings. The Kier molecular flexibility index (Phi) is 7.30. The van der Waals surface area contributed by atoms with Crippen molar-refractivity contribution in [2.24, 2.45) is 5.41 Å². The first-order chi connectivity index (χ1) is 11.4. The van der Waals surface area contributed by atoms with Gasteiger partial charge in [0.15, 0.2) is 0 Å². The molecule has 2 N–H and O–H groups in total. The lowest BCUT2D eigenvalue weighted by Crippen LogP contribution is -2.42. The molecule has 0 saturated carbocycles. The smallest absolute Gasteiger partial charge is 0.407 e. The quantitative estimate of drug-likeness (QED) is 0.526. The second-order valence-electron chi connectivity index (χ2n) is 7.60. The molecule has 8 nitrogen and oxygen atoms in total.